The first-order valence-corrected chi connectivity index (χ1v) is 3.61. The first-order valence-electron chi connectivity index (χ1n) is 3.61. The Morgan fingerprint density at radius 1 is 0.833 bits per heavy atom. The Labute approximate surface area is 88.6 Å². The van der Waals surface area contributed by atoms with Gasteiger partial charge in [-0.1, -0.05) is 36.4 Å². The van der Waals surface area contributed by atoms with E-state index in [9.17, 15) is 0 Å². The van der Waals surface area contributed by atoms with Gasteiger partial charge in [0, 0.05) is 11.1 Å². The van der Waals surface area contributed by atoms with E-state index in [0.29, 0.717) is 0 Å². The Hall–Kier alpha value is -0.770. The van der Waals surface area contributed by atoms with Crippen LogP contribution in [-0.2, 0) is 0 Å². The lowest BCUT2D eigenvalue weighted by atomic mass is 10.1. The largest absolute Gasteiger partial charge is 0.398 e. The van der Waals surface area contributed by atoms with Gasteiger partial charge in [-0.3, -0.25) is 0 Å². The van der Waals surface area contributed by atoms with Crippen LogP contribution in [0.4, 0.5) is 5.69 Å². The minimum Gasteiger partial charge on any atom is -0.398 e. The SMILES string of the molecule is I.Nc1cccc2ccccc12. The zero-order chi connectivity index (χ0) is 7.68. The summed E-state index contributed by atoms with van der Waals surface area (Å²) in [6.45, 7) is 0. The Bertz CT molecular complexity index is 379. The third-order valence-electron chi connectivity index (χ3n) is 1.82. The fraction of sp³-hybridized carbons (Fsp3) is 0. The van der Waals surface area contributed by atoms with Crippen molar-refractivity contribution >= 4 is 40.4 Å². The molecule has 0 bridgehead atoms. The van der Waals surface area contributed by atoms with Crippen LogP contribution in [0.5, 0.6) is 0 Å². The molecule has 0 spiro atoms. The highest BCUT2D eigenvalue weighted by Gasteiger charge is 1.92. The van der Waals surface area contributed by atoms with Crippen molar-refractivity contribution in [2.24, 2.45) is 0 Å². The van der Waals surface area contributed by atoms with Crippen molar-refractivity contribution in [3.05, 3.63) is 42.5 Å². The molecule has 0 amide bonds. The molecule has 0 radical (unpaired) electrons. The fourth-order valence-electron chi connectivity index (χ4n) is 1.25. The van der Waals surface area contributed by atoms with Crippen LogP contribution in [0.3, 0.4) is 0 Å². The highest BCUT2D eigenvalue weighted by molar-refractivity contribution is 14.0. The first-order chi connectivity index (χ1) is 5.38. The number of halogens is 1. The molecule has 0 aliphatic heterocycles. The van der Waals surface area contributed by atoms with E-state index in [1.165, 1.54) is 5.39 Å². The van der Waals surface area contributed by atoms with Gasteiger partial charge in [-0.2, -0.15) is 0 Å². The summed E-state index contributed by atoms with van der Waals surface area (Å²) in [4.78, 5) is 0. The van der Waals surface area contributed by atoms with E-state index in [4.69, 9.17) is 5.73 Å². The van der Waals surface area contributed by atoms with Gasteiger partial charge < -0.3 is 5.73 Å². The third-order valence-corrected chi connectivity index (χ3v) is 1.82. The van der Waals surface area contributed by atoms with Gasteiger partial charge in [-0.25, -0.2) is 0 Å². The molecule has 0 aliphatic rings. The summed E-state index contributed by atoms with van der Waals surface area (Å²) in [6, 6.07) is 14.1. The zero-order valence-corrected chi connectivity index (χ0v) is 8.86. The monoisotopic (exact) mass is 271 g/mol. The molecule has 2 heteroatoms. The maximum Gasteiger partial charge on any atom is 0.0393 e. The second kappa shape index (κ2) is 3.76. The number of anilines is 1. The van der Waals surface area contributed by atoms with Gasteiger partial charge in [-0.05, 0) is 11.5 Å². The molecule has 1 nitrogen and oxygen atoms in total. The molecule has 0 heterocycles. The standard InChI is InChI=1S/C10H9N.HI/c11-10-7-3-5-8-4-1-2-6-9(8)10;/h1-7H,11H2;1H. The Kier molecular flexibility index (Phi) is 2.92. The van der Waals surface area contributed by atoms with Gasteiger partial charge in [0.2, 0.25) is 0 Å². The molecule has 0 fully saturated rings. The Morgan fingerprint density at radius 2 is 1.50 bits per heavy atom. The van der Waals surface area contributed by atoms with E-state index in [1.807, 2.05) is 30.3 Å². The molecule has 0 saturated carbocycles. The van der Waals surface area contributed by atoms with Crippen LogP contribution in [0.25, 0.3) is 10.8 Å². The summed E-state index contributed by atoms with van der Waals surface area (Å²) in [6.07, 6.45) is 0. The lowest BCUT2D eigenvalue weighted by Crippen LogP contribution is -1.84. The van der Waals surface area contributed by atoms with Crippen molar-refractivity contribution < 1.29 is 0 Å². The number of fused-ring (bicyclic) bond motifs is 1. The van der Waals surface area contributed by atoms with Gasteiger partial charge in [0.15, 0.2) is 0 Å². The molecule has 2 aromatic rings. The topological polar surface area (TPSA) is 26.0 Å². The van der Waals surface area contributed by atoms with Gasteiger partial charge in [0.1, 0.15) is 0 Å². The van der Waals surface area contributed by atoms with Crippen LogP contribution < -0.4 is 5.73 Å². The van der Waals surface area contributed by atoms with E-state index >= 15 is 0 Å². The molecular formula is C10H10IN. The van der Waals surface area contributed by atoms with Gasteiger partial charge >= 0.3 is 0 Å². The van der Waals surface area contributed by atoms with Crippen LogP contribution >= 0.6 is 24.0 Å². The van der Waals surface area contributed by atoms with E-state index in [2.05, 4.69) is 12.1 Å². The summed E-state index contributed by atoms with van der Waals surface area (Å²) >= 11 is 0. The number of benzene rings is 2. The molecule has 0 atom stereocenters. The van der Waals surface area contributed by atoms with E-state index < -0.39 is 0 Å². The van der Waals surface area contributed by atoms with Crippen molar-refractivity contribution in [3.8, 4) is 0 Å². The van der Waals surface area contributed by atoms with Crippen molar-refractivity contribution in [1.82, 2.24) is 0 Å². The smallest absolute Gasteiger partial charge is 0.0393 e. The number of hydrogen-bond acceptors (Lipinski definition) is 1. The molecule has 2 rings (SSSR count). The van der Waals surface area contributed by atoms with Crippen LogP contribution in [-0.4, -0.2) is 0 Å². The van der Waals surface area contributed by atoms with Gasteiger partial charge in [-0.15, -0.1) is 24.0 Å². The van der Waals surface area contributed by atoms with Crippen molar-refractivity contribution in [2.45, 2.75) is 0 Å². The maximum atomic E-state index is 5.76. The second-order valence-electron chi connectivity index (χ2n) is 2.57. The zero-order valence-electron chi connectivity index (χ0n) is 6.53. The number of hydrogen-bond donors (Lipinski definition) is 1. The number of nitrogens with two attached hydrogens (primary N) is 1. The summed E-state index contributed by atoms with van der Waals surface area (Å²) in [5.74, 6) is 0. The van der Waals surface area contributed by atoms with Crippen LogP contribution in [0.1, 0.15) is 0 Å². The predicted molar refractivity (Wildman–Crippen MR) is 63.8 cm³/mol. The number of nitrogen functional groups attached to an aromatic ring is 1. The second-order valence-corrected chi connectivity index (χ2v) is 2.57. The van der Waals surface area contributed by atoms with Crippen LogP contribution in [0, 0.1) is 0 Å². The normalized spacial score (nSPS) is 9.33. The summed E-state index contributed by atoms with van der Waals surface area (Å²) < 4.78 is 0. The summed E-state index contributed by atoms with van der Waals surface area (Å²) in [5, 5.41) is 2.34. The predicted octanol–water partition coefficient (Wildman–Crippen LogP) is 3.04. The lowest BCUT2D eigenvalue weighted by Gasteiger charge is -1.98. The van der Waals surface area contributed by atoms with Crippen LogP contribution in [0.15, 0.2) is 42.5 Å². The average molecular weight is 271 g/mol. The van der Waals surface area contributed by atoms with E-state index in [1.54, 1.807) is 0 Å². The van der Waals surface area contributed by atoms with Crippen LogP contribution in [0.2, 0.25) is 0 Å². The van der Waals surface area contributed by atoms with Crippen molar-refractivity contribution in [1.29, 1.82) is 0 Å². The Morgan fingerprint density at radius 3 is 2.25 bits per heavy atom. The molecule has 2 N–H and O–H groups in total. The average Bonchev–Trinajstić information content (AvgIpc) is 2.06. The maximum absolute atomic E-state index is 5.76. The molecule has 0 aliphatic carbocycles. The third kappa shape index (κ3) is 1.53. The van der Waals surface area contributed by atoms with Crippen molar-refractivity contribution in [3.63, 3.8) is 0 Å². The molecule has 0 aromatic heterocycles. The molecular weight excluding hydrogens is 261 g/mol. The first kappa shape index (κ1) is 9.32. The van der Waals surface area contributed by atoms with Gasteiger partial charge in [0.25, 0.3) is 0 Å². The molecule has 2 aromatic carbocycles. The minimum atomic E-state index is 0. The molecule has 0 saturated heterocycles. The minimum absolute atomic E-state index is 0. The summed E-state index contributed by atoms with van der Waals surface area (Å²) in [5.41, 5.74) is 6.61. The van der Waals surface area contributed by atoms with E-state index in [0.717, 1.165) is 11.1 Å². The molecule has 0 unspecified atom stereocenters. The molecule has 12 heavy (non-hydrogen) atoms. The van der Waals surface area contributed by atoms with Crippen molar-refractivity contribution in [2.75, 3.05) is 5.73 Å². The molecule has 62 valence electrons. The van der Waals surface area contributed by atoms with Gasteiger partial charge in [0.05, 0.1) is 0 Å². The van der Waals surface area contributed by atoms with E-state index in [-0.39, 0.29) is 24.0 Å². The quantitative estimate of drug-likeness (QED) is 0.578. The Balaban J connectivity index is 0.000000720. The highest BCUT2D eigenvalue weighted by Crippen LogP contribution is 2.19. The lowest BCUT2D eigenvalue weighted by molar-refractivity contribution is 1.73. The summed E-state index contributed by atoms with van der Waals surface area (Å²) in [7, 11) is 0. The number of rotatable bonds is 0. The highest BCUT2D eigenvalue weighted by atomic mass is 127. The fourth-order valence-corrected chi connectivity index (χ4v) is 1.25.